The lowest BCUT2D eigenvalue weighted by Gasteiger charge is -2.14. The molecule has 0 fully saturated rings. The lowest BCUT2D eigenvalue weighted by atomic mass is 10.2. The van der Waals surface area contributed by atoms with Crippen LogP contribution < -0.4 is 5.32 Å². The molecule has 0 atom stereocenters. The van der Waals surface area contributed by atoms with Crippen molar-refractivity contribution in [1.29, 1.82) is 0 Å². The molecule has 0 saturated heterocycles. The van der Waals surface area contributed by atoms with Gasteiger partial charge in [-0.1, -0.05) is 9.63 Å². The highest BCUT2D eigenvalue weighted by Crippen LogP contribution is 2.19. The Morgan fingerprint density at radius 1 is 1.16 bits per heavy atom. The Morgan fingerprint density at radius 2 is 1.84 bits per heavy atom. The topological polar surface area (TPSA) is 115 Å². The summed E-state index contributed by atoms with van der Waals surface area (Å²) >= 11 is 0. The van der Waals surface area contributed by atoms with E-state index >= 15 is 0 Å². The minimum atomic E-state index is -3.74. The number of amides is 1. The lowest BCUT2D eigenvalue weighted by Crippen LogP contribution is -2.25. The zero-order chi connectivity index (χ0) is 22.4. The highest BCUT2D eigenvalue weighted by Gasteiger charge is 2.20. The summed E-state index contributed by atoms with van der Waals surface area (Å²) in [6, 6.07) is 11.5. The molecular weight excluding hydrogens is 427 g/mol. The number of aryl methyl sites for hydroxylation is 1. The quantitative estimate of drug-likeness (QED) is 0.501. The SMILES string of the molecule is CON(C)S(=O)(=O)c1ccc(NC(=O)CCCc2nc(-c3ccc(F)cc3)no2)cc1. The van der Waals surface area contributed by atoms with E-state index in [4.69, 9.17) is 9.36 Å². The first-order chi connectivity index (χ1) is 14.8. The van der Waals surface area contributed by atoms with Crippen molar-refractivity contribution in [2.24, 2.45) is 0 Å². The Labute approximate surface area is 178 Å². The number of benzene rings is 2. The molecule has 9 nitrogen and oxygen atoms in total. The van der Waals surface area contributed by atoms with Gasteiger partial charge < -0.3 is 9.84 Å². The fourth-order valence-electron chi connectivity index (χ4n) is 2.65. The van der Waals surface area contributed by atoms with Crippen molar-refractivity contribution in [3.63, 3.8) is 0 Å². The van der Waals surface area contributed by atoms with E-state index in [1.165, 1.54) is 50.6 Å². The van der Waals surface area contributed by atoms with Gasteiger partial charge in [-0.3, -0.25) is 9.63 Å². The van der Waals surface area contributed by atoms with Crippen LogP contribution in [-0.4, -0.2) is 43.1 Å². The number of nitrogens with zero attached hydrogens (tertiary/aromatic N) is 3. The molecule has 11 heteroatoms. The summed E-state index contributed by atoms with van der Waals surface area (Å²) in [7, 11) is -1.20. The van der Waals surface area contributed by atoms with E-state index in [1.807, 2.05) is 0 Å². The van der Waals surface area contributed by atoms with Crippen molar-refractivity contribution in [2.45, 2.75) is 24.2 Å². The summed E-state index contributed by atoms with van der Waals surface area (Å²) in [4.78, 5) is 21.1. The molecule has 2 aromatic carbocycles. The maximum atomic E-state index is 13.0. The van der Waals surface area contributed by atoms with Crippen LogP contribution in [0, 0.1) is 5.82 Å². The number of halogens is 1. The molecule has 0 bridgehead atoms. The maximum Gasteiger partial charge on any atom is 0.264 e. The summed E-state index contributed by atoms with van der Waals surface area (Å²) in [5, 5.41) is 6.56. The molecule has 0 unspecified atom stereocenters. The highest BCUT2D eigenvalue weighted by molar-refractivity contribution is 7.89. The zero-order valence-electron chi connectivity index (χ0n) is 16.9. The number of aromatic nitrogens is 2. The summed E-state index contributed by atoms with van der Waals surface area (Å²) in [5.41, 5.74) is 1.11. The first kappa shape index (κ1) is 22.5. The number of anilines is 1. The molecule has 164 valence electrons. The first-order valence-corrected chi connectivity index (χ1v) is 10.7. The van der Waals surface area contributed by atoms with Crippen molar-refractivity contribution in [1.82, 2.24) is 14.6 Å². The molecule has 0 radical (unpaired) electrons. The fourth-order valence-corrected chi connectivity index (χ4v) is 3.63. The van der Waals surface area contributed by atoms with Crippen LogP contribution in [0.4, 0.5) is 10.1 Å². The molecular formula is C20H21FN4O5S. The van der Waals surface area contributed by atoms with Crippen LogP contribution in [0.5, 0.6) is 0 Å². The second-order valence-corrected chi connectivity index (χ2v) is 8.48. The summed E-state index contributed by atoms with van der Waals surface area (Å²) in [5.74, 6) is 0.150. The monoisotopic (exact) mass is 448 g/mol. The average Bonchev–Trinajstić information content (AvgIpc) is 3.23. The van der Waals surface area contributed by atoms with E-state index in [1.54, 1.807) is 12.1 Å². The van der Waals surface area contributed by atoms with Crippen LogP contribution in [0.1, 0.15) is 18.7 Å². The Balaban J connectivity index is 1.49. The molecule has 0 aliphatic heterocycles. The second-order valence-electron chi connectivity index (χ2n) is 6.54. The lowest BCUT2D eigenvalue weighted by molar-refractivity contribution is -0.116. The Hall–Kier alpha value is -3.15. The smallest absolute Gasteiger partial charge is 0.264 e. The Kier molecular flexibility index (Phi) is 7.10. The zero-order valence-corrected chi connectivity index (χ0v) is 17.7. The van der Waals surface area contributed by atoms with Crippen LogP contribution in [0.25, 0.3) is 11.4 Å². The van der Waals surface area contributed by atoms with Gasteiger partial charge >= 0.3 is 0 Å². The van der Waals surface area contributed by atoms with Gasteiger partial charge in [-0.25, -0.2) is 12.8 Å². The average molecular weight is 448 g/mol. The molecule has 1 N–H and O–H groups in total. The number of nitrogens with one attached hydrogen (secondary N) is 1. The number of rotatable bonds is 9. The first-order valence-electron chi connectivity index (χ1n) is 9.31. The highest BCUT2D eigenvalue weighted by atomic mass is 32.2. The van der Waals surface area contributed by atoms with E-state index in [-0.39, 0.29) is 23.0 Å². The van der Waals surface area contributed by atoms with E-state index in [0.717, 1.165) is 4.47 Å². The minimum absolute atomic E-state index is 0.0446. The predicted octanol–water partition coefficient (Wildman–Crippen LogP) is 3.02. The molecule has 0 spiro atoms. The van der Waals surface area contributed by atoms with Gasteiger partial charge in [0.2, 0.25) is 17.6 Å². The van der Waals surface area contributed by atoms with Gasteiger partial charge in [-0.15, -0.1) is 0 Å². The van der Waals surface area contributed by atoms with Gasteiger partial charge in [0.25, 0.3) is 10.0 Å². The van der Waals surface area contributed by atoms with Gasteiger partial charge in [0.1, 0.15) is 5.82 Å². The molecule has 3 rings (SSSR count). The molecule has 0 saturated carbocycles. The number of hydroxylamine groups is 1. The van der Waals surface area contributed by atoms with Gasteiger partial charge in [0.05, 0.1) is 12.0 Å². The van der Waals surface area contributed by atoms with Crippen molar-refractivity contribution in [3.8, 4) is 11.4 Å². The van der Waals surface area contributed by atoms with Crippen LogP contribution in [0.3, 0.4) is 0 Å². The number of hydrogen-bond acceptors (Lipinski definition) is 7. The van der Waals surface area contributed by atoms with Crippen molar-refractivity contribution in [2.75, 3.05) is 19.5 Å². The maximum absolute atomic E-state index is 13.0. The minimum Gasteiger partial charge on any atom is -0.339 e. The third-order valence-corrected chi connectivity index (χ3v) is 6.09. The molecule has 1 aromatic heterocycles. The van der Waals surface area contributed by atoms with E-state index in [2.05, 4.69) is 15.5 Å². The number of carbonyl (C=O) groups is 1. The normalized spacial score (nSPS) is 11.6. The number of hydrogen-bond donors (Lipinski definition) is 1. The molecule has 0 aliphatic carbocycles. The van der Waals surface area contributed by atoms with Gasteiger partial charge in [0, 0.05) is 31.1 Å². The molecule has 0 aliphatic rings. The van der Waals surface area contributed by atoms with Gasteiger partial charge in [-0.05, 0) is 55.0 Å². The van der Waals surface area contributed by atoms with Gasteiger partial charge in [-0.2, -0.15) is 4.98 Å². The van der Waals surface area contributed by atoms with Crippen molar-refractivity contribution >= 4 is 21.6 Å². The third kappa shape index (κ3) is 5.72. The van der Waals surface area contributed by atoms with E-state index < -0.39 is 10.0 Å². The van der Waals surface area contributed by atoms with Gasteiger partial charge in [0.15, 0.2) is 0 Å². The largest absolute Gasteiger partial charge is 0.339 e. The second kappa shape index (κ2) is 9.77. The van der Waals surface area contributed by atoms with Crippen LogP contribution in [-0.2, 0) is 26.1 Å². The summed E-state index contributed by atoms with van der Waals surface area (Å²) in [6.07, 6.45) is 1.09. The number of carbonyl (C=O) groups excluding carboxylic acids is 1. The Bertz CT molecular complexity index is 1130. The molecule has 1 amide bonds. The van der Waals surface area contributed by atoms with E-state index in [0.29, 0.717) is 35.8 Å². The molecule has 3 aromatic rings. The van der Waals surface area contributed by atoms with Crippen molar-refractivity contribution < 1.29 is 27.0 Å². The van der Waals surface area contributed by atoms with Crippen LogP contribution >= 0.6 is 0 Å². The Morgan fingerprint density at radius 3 is 2.48 bits per heavy atom. The summed E-state index contributed by atoms with van der Waals surface area (Å²) < 4.78 is 43.2. The molecule has 31 heavy (non-hydrogen) atoms. The fraction of sp³-hybridized carbons (Fsp3) is 0.250. The van der Waals surface area contributed by atoms with E-state index in [9.17, 15) is 17.6 Å². The standard InChI is InChI=1S/C20H21FN4O5S/c1-25(29-2)31(27,28)17-12-10-16(11-13-17)22-18(26)4-3-5-19-23-20(24-30-19)14-6-8-15(21)9-7-14/h6-13H,3-5H2,1-2H3,(H,22,26). The predicted molar refractivity (Wildman–Crippen MR) is 110 cm³/mol. The van der Waals surface area contributed by atoms with Crippen LogP contribution in [0.2, 0.25) is 0 Å². The third-order valence-electron chi connectivity index (χ3n) is 4.40. The summed E-state index contributed by atoms with van der Waals surface area (Å²) in [6.45, 7) is 0. The van der Waals surface area contributed by atoms with Crippen molar-refractivity contribution in [3.05, 3.63) is 60.2 Å². The van der Waals surface area contributed by atoms with Crippen LogP contribution in [0.15, 0.2) is 57.9 Å². The number of sulfonamides is 1. The molecule has 1 heterocycles.